The summed E-state index contributed by atoms with van der Waals surface area (Å²) in [6.07, 6.45) is 0.866. The number of nitrogens with one attached hydrogen (secondary N) is 1. The van der Waals surface area contributed by atoms with Crippen molar-refractivity contribution in [2.24, 2.45) is 0 Å². The van der Waals surface area contributed by atoms with Crippen LogP contribution in [-0.2, 0) is 6.42 Å². The van der Waals surface area contributed by atoms with Gasteiger partial charge in [0.25, 0.3) is 0 Å². The molecule has 0 bridgehead atoms. The summed E-state index contributed by atoms with van der Waals surface area (Å²) in [7, 11) is 4.11. The Labute approximate surface area is 116 Å². The van der Waals surface area contributed by atoms with Crippen LogP contribution in [0.5, 0.6) is 0 Å². The second kappa shape index (κ2) is 5.74. The Balaban J connectivity index is 2.33. The SMILES string of the molecule is CCc1nc(NC)c(C)c(N2CCN(C)C(C)C2)n1. The third-order valence-electron chi connectivity index (χ3n) is 3.98. The highest BCUT2D eigenvalue weighted by molar-refractivity contribution is 5.58. The molecule has 0 amide bonds. The van der Waals surface area contributed by atoms with Gasteiger partial charge in [0, 0.05) is 44.7 Å². The summed E-state index contributed by atoms with van der Waals surface area (Å²) < 4.78 is 0. The lowest BCUT2D eigenvalue weighted by Gasteiger charge is -2.39. The minimum absolute atomic E-state index is 0.561. The molecule has 2 heterocycles. The predicted molar refractivity (Wildman–Crippen MR) is 80.0 cm³/mol. The lowest BCUT2D eigenvalue weighted by Crippen LogP contribution is -2.50. The number of aryl methyl sites for hydroxylation is 1. The average molecular weight is 263 g/mol. The molecule has 1 N–H and O–H groups in total. The first kappa shape index (κ1) is 14.1. The fourth-order valence-electron chi connectivity index (χ4n) is 2.50. The standard InChI is InChI=1S/C14H25N5/c1-6-12-16-13(15-4)11(3)14(17-12)19-8-7-18(5)10(2)9-19/h10H,6-9H2,1-5H3,(H,15,16,17). The van der Waals surface area contributed by atoms with Crippen LogP contribution < -0.4 is 10.2 Å². The summed E-state index contributed by atoms with van der Waals surface area (Å²) in [5.41, 5.74) is 1.15. The van der Waals surface area contributed by atoms with Crippen molar-refractivity contribution < 1.29 is 0 Å². The predicted octanol–water partition coefficient (Wildman–Crippen LogP) is 1.53. The molecule has 5 nitrogen and oxygen atoms in total. The Morgan fingerprint density at radius 2 is 2.05 bits per heavy atom. The van der Waals surface area contributed by atoms with Gasteiger partial charge in [0.2, 0.25) is 0 Å². The molecule has 0 spiro atoms. The van der Waals surface area contributed by atoms with Gasteiger partial charge >= 0.3 is 0 Å². The second-order valence-corrected chi connectivity index (χ2v) is 5.32. The van der Waals surface area contributed by atoms with Crippen molar-refractivity contribution >= 4 is 11.6 Å². The molecule has 1 saturated heterocycles. The number of anilines is 2. The molecule has 1 unspecified atom stereocenters. The van der Waals surface area contributed by atoms with Crippen LogP contribution in [0.1, 0.15) is 25.2 Å². The Bertz CT molecular complexity index is 446. The molecule has 0 aromatic carbocycles. The van der Waals surface area contributed by atoms with Crippen molar-refractivity contribution in [3.8, 4) is 0 Å². The van der Waals surface area contributed by atoms with Crippen LogP contribution in [0.15, 0.2) is 0 Å². The molecule has 1 atom stereocenters. The monoisotopic (exact) mass is 263 g/mol. The molecule has 1 aromatic rings. The minimum Gasteiger partial charge on any atom is -0.373 e. The lowest BCUT2D eigenvalue weighted by atomic mass is 10.2. The van der Waals surface area contributed by atoms with E-state index in [9.17, 15) is 0 Å². The van der Waals surface area contributed by atoms with Crippen LogP contribution >= 0.6 is 0 Å². The van der Waals surface area contributed by atoms with E-state index >= 15 is 0 Å². The van der Waals surface area contributed by atoms with E-state index in [0.29, 0.717) is 6.04 Å². The molecular weight excluding hydrogens is 238 g/mol. The van der Waals surface area contributed by atoms with Gasteiger partial charge in [-0.3, -0.25) is 0 Å². The van der Waals surface area contributed by atoms with Crippen LogP contribution in [0.2, 0.25) is 0 Å². The van der Waals surface area contributed by atoms with Crippen molar-refractivity contribution in [3.05, 3.63) is 11.4 Å². The minimum atomic E-state index is 0.561. The van der Waals surface area contributed by atoms with Gasteiger partial charge in [-0.25, -0.2) is 9.97 Å². The number of rotatable bonds is 3. The van der Waals surface area contributed by atoms with E-state index < -0.39 is 0 Å². The summed E-state index contributed by atoms with van der Waals surface area (Å²) in [5, 5.41) is 3.18. The summed E-state index contributed by atoms with van der Waals surface area (Å²) in [5.74, 6) is 2.96. The number of aromatic nitrogens is 2. The molecule has 106 valence electrons. The van der Waals surface area contributed by atoms with Gasteiger partial charge in [-0.1, -0.05) is 6.92 Å². The molecule has 0 radical (unpaired) electrons. The largest absolute Gasteiger partial charge is 0.373 e. The highest BCUT2D eigenvalue weighted by Gasteiger charge is 2.24. The number of piperazine rings is 1. The maximum absolute atomic E-state index is 4.74. The van der Waals surface area contributed by atoms with Gasteiger partial charge in [-0.2, -0.15) is 0 Å². The summed E-state index contributed by atoms with van der Waals surface area (Å²) in [6, 6.07) is 0.561. The molecule has 1 fully saturated rings. The van der Waals surface area contributed by atoms with E-state index in [4.69, 9.17) is 4.98 Å². The van der Waals surface area contributed by atoms with Crippen LogP contribution in [0.4, 0.5) is 11.6 Å². The van der Waals surface area contributed by atoms with Crippen LogP contribution in [0, 0.1) is 6.92 Å². The van der Waals surface area contributed by atoms with Gasteiger partial charge < -0.3 is 15.1 Å². The molecule has 1 aromatic heterocycles. The van der Waals surface area contributed by atoms with Gasteiger partial charge in [0.15, 0.2) is 0 Å². The highest BCUT2D eigenvalue weighted by Crippen LogP contribution is 2.25. The van der Waals surface area contributed by atoms with E-state index in [1.807, 2.05) is 7.05 Å². The molecule has 1 aliphatic heterocycles. The van der Waals surface area contributed by atoms with E-state index in [2.05, 4.69) is 47.9 Å². The molecular formula is C14H25N5. The summed E-state index contributed by atoms with van der Waals surface area (Å²) >= 11 is 0. The zero-order valence-electron chi connectivity index (χ0n) is 12.7. The van der Waals surface area contributed by atoms with Crippen molar-refractivity contribution in [2.45, 2.75) is 33.2 Å². The Morgan fingerprint density at radius 3 is 2.63 bits per heavy atom. The first-order valence-corrected chi connectivity index (χ1v) is 7.07. The molecule has 1 aliphatic rings. The number of hydrogen-bond donors (Lipinski definition) is 1. The third-order valence-corrected chi connectivity index (χ3v) is 3.98. The lowest BCUT2D eigenvalue weighted by molar-refractivity contribution is 0.233. The van der Waals surface area contributed by atoms with Crippen LogP contribution in [0.3, 0.4) is 0 Å². The number of nitrogens with zero attached hydrogens (tertiary/aromatic N) is 4. The zero-order valence-corrected chi connectivity index (χ0v) is 12.7. The summed E-state index contributed by atoms with van der Waals surface area (Å²) in [4.78, 5) is 14.1. The summed E-state index contributed by atoms with van der Waals surface area (Å²) in [6.45, 7) is 9.61. The Kier molecular flexibility index (Phi) is 4.24. The van der Waals surface area contributed by atoms with Crippen molar-refractivity contribution in [2.75, 3.05) is 43.9 Å². The van der Waals surface area contributed by atoms with E-state index in [-0.39, 0.29) is 0 Å². The smallest absolute Gasteiger partial charge is 0.137 e. The second-order valence-electron chi connectivity index (χ2n) is 5.32. The quantitative estimate of drug-likeness (QED) is 0.896. The van der Waals surface area contributed by atoms with Gasteiger partial charge in [0.1, 0.15) is 17.5 Å². The van der Waals surface area contributed by atoms with Crippen molar-refractivity contribution in [1.82, 2.24) is 14.9 Å². The Hall–Kier alpha value is -1.36. The molecule has 0 saturated carbocycles. The van der Waals surface area contributed by atoms with Crippen LogP contribution in [-0.4, -0.2) is 54.6 Å². The van der Waals surface area contributed by atoms with Gasteiger partial charge in [-0.05, 0) is 20.9 Å². The van der Waals surface area contributed by atoms with E-state index in [0.717, 1.165) is 49.1 Å². The molecule has 2 rings (SSSR count). The van der Waals surface area contributed by atoms with E-state index in [1.165, 1.54) is 0 Å². The van der Waals surface area contributed by atoms with Crippen molar-refractivity contribution in [1.29, 1.82) is 0 Å². The zero-order chi connectivity index (χ0) is 14.0. The molecule has 0 aliphatic carbocycles. The van der Waals surface area contributed by atoms with Crippen LogP contribution in [0.25, 0.3) is 0 Å². The normalized spacial score (nSPS) is 20.7. The third kappa shape index (κ3) is 2.81. The maximum Gasteiger partial charge on any atom is 0.137 e. The van der Waals surface area contributed by atoms with Crippen molar-refractivity contribution in [3.63, 3.8) is 0 Å². The number of hydrogen-bond acceptors (Lipinski definition) is 5. The van der Waals surface area contributed by atoms with Gasteiger partial charge in [0.05, 0.1) is 0 Å². The number of likely N-dealkylation sites (N-methyl/N-ethyl adjacent to an activating group) is 1. The topological polar surface area (TPSA) is 44.3 Å². The van der Waals surface area contributed by atoms with Gasteiger partial charge in [-0.15, -0.1) is 0 Å². The highest BCUT2D eigenvalue weighted by atomic mass is 15.3. The fourth-order valence-corrected chi connectivity index (χ4v) is 2.50. The Morgan fingerprint density at radius 1 is 1.32 bits per heavy atom. The van der Waals surface area contributed by atoms with E-state index in [1.54, 1.807) is 0 Å². The maximum atomic E-state index is 4.74. The average Bonchev–Trinajstić information content (AvgIpc) is 2.42. The first-order chi connectivity index (χ1) is 9.06. The molecule has 19 heavy (non-hydrogen) atoms. The molecule has 5 heteroatoms. The fraction of sp³-hybridized carbons (Fsp3) is 0.714. The first-order valence-electron chi connectivity index (χ1n) is 7.07.